The van der Waals surface area contributed by atoms with E-state index >= 15 is 0 Å². The van der Waals surface area contributed by atoms with E-state index in [0.29, 0.717) is 5.69 Å². The average molecular weight is 387 g/mol. The van der Waals surface area contributed by atoms with Gasteiger partial charge in [-0.3, -0.25) is 0 Å². The molecule has 0 spiro atoms. The maximum atomic E-state index is 11.7. The van der Waals surface area contributed by atoms with E-state index in [1.165, 1.54) is 4.80 Å². The van der Waals surface area contributed by atoms with E-state index in [-0.39, 0.29) is 13.2 Å². The molecule has 7 heteroatoms. The predicted octanol–water partition coefficient (Wildman–Crippen LogP) is 3.46. The molecule has 0 radical (unpaired) electrons. The summed E-state index contributed by atoms with van der Waals surface area (Å²) in [6.07, 6.45) is 1.12. The molecule has 3 aromatic rings. The number of nitrogens with one attached hydrogen (secondary N) is 1. The molecule has 0 aliphatic rings. The van der Waals surface area contributed by atoms with Gasteiger partial charge in [-0.15, -0.1) is 0 Å². The Morgan fingerprint density at radius 3 is 2.79 bits per heavy atom. The number of hydrogen-bond donors (Lipinski definition) is 1. The first kappa shape index (κ1) is 16.2. The van der Waals surface area contributed by atoms with E-state index < -0.39 is 6.09 Å². The third-order valence-corrected chi connectivity index (χ3v) is 3.70. The average Bonchev–Trinajstić information content (AvgIpc) is 3.08. The van der Waals surface area contributed by atoms with Crippen molar-refractivity contribution in [3.05, 3.63) is 76.5 Å². The Hall–Kier alpha value is -2.67. The van der Waals surface area contributed by atoms with Crippen LogP contribution in [0.2, 0.25) is 0 Å². The third-order valence-electron chi connectivity index (χ3n) is 3.21. The van der Waals surface area contributed by atoms with Crippen LogP contribution in [0.15, 0.2) is 65.3 Å². The molecule has 0 aliphatic heterocycles. The van der Waals surface area contributed by atoms with E-state index in [1.807, 2.05) is 54.6 Å². The minimum Gasteiger partial charge on any atom is -0.445 e. The van der Waals surface area contributed by atoms with E-state index in [2.05, 4.69) is 31.4 Å². The summed E-state index contributed by atoms with van der Waals surface area (Å²) in [6, 6.07) is 17.2. The van der Waals surface area contributed by atoms with Crippen molar-refractivity contribution < 1.29 is 9.53 Å². The number of rotatable bonds is 5. The standard InChI is InChI=1S/C17H15BrN4O2/c18-14-7-4-8-16(9-14)22-20-11-15(21-22)10-19-17(23)24-12-13-5-2-1-3-6-13/h1-9,11H,10,12H2,(H,19,23). The molecule has 3 rings (SSSR count). The molecule has 0 saturated carbocycles. The highest BCUT2D eigenvalue weighted by Crippen LogP contribution is 2.14. The number of carbonyl (C=O) groups is 1. The van der Waals surface area contributed by atoms with Gasteiger partial charge >= 0.3 is 6.09 Å². The summed E-state index contributed by atoms with van der Waals surface area (Å²) in [6.45, 7) is 0.485. The number of carbonyl (C=O) groups excluding carboxylic acids is 1. The highest BCUT2D eigenvalue weighted by atomic mass is 79.9. The van der Waals surface area contributed by atoms with Crippen molar-refractivity contribution in [1.82, 2.24) is 20.3 Å². The van der Waals surface area contributed by atoms with Crippen LogP contribution in [0.4, 0.5) is 4.79 Å². The van der Waals surface area contributed by atoms with Gasteiger partial charge in [-0.25, -0.2) is 4.79 Å². The summed E-state index contributed by atoms with van der Waals surface area (Å²) in [4.78, 5) is 13.2. The molecule has 0 saturated heterocycles. The van der Waals surface area contributed by atoms with Crippen LogP contribution in [0.1, 0.15) is 11.3 Å². The van der Waals surface area contributed by atoms with Crippen LogP contribution in [0.5, 0.6) is 0 Å². The number of amides is 1. The second-order valence-corrected chi connectivity index (χ2v) is 5.94. The van der Waals surface area contributed by atoms with Crippen LogP contribution >= 0.6 is 15.9 Å². The molecule has 1 amide bonds. The van der Waals surface area contributed by atoms with Crippen molar-refractivity contribution in [2.45, 2.75) is 13.2 Å². The molecular formula is C17H15BrN4O2. The Bertz CT molecular complexity index is 820. The number of ether oxygens (including phenoxy) is 1. The molecule has 122 valence electrons. The summed E-state index contributed by atoms with van der Waals surface area (Å²) in [7, 11) is 0. The zero-order valence-electron chi connectivity index (χ0n) is 12.7. The molecule has 0 fully saturated rings. The molecule has 0 atom stereocenters. The molecular weight excluding hydrogens is 372 g/mol. The Kier molecular flexibility index (Phi) is 5.22. The number of halogens is 1. The first-order valence-corrected chi connectivity index (χ1v) is 8.12. The van der Waals surface area contributed by atoms with Crippen molar-refractivity contribution >= 4 is 22.0 Å². The molecule has 2 aromatic carbocycles. The molecule has 1 N–H and O–H groups in total. The number of benzene rings is 2. The van der Waals surface area contributed by atoms with Gasteiger partial charge in [-0.1, -0.05) is 52.3 Å². The number of nitrogens with zero attached hydrogens (tertiary/aromatic N) is 3. The van der Waals surface area contributed by atoms with Crippen molar-refractivity contribution in [2.24, 2.45) is 0 Å². The lowest BCUT2D eigenvalue weighted by atomic mass is 10.2. The molecule has 0 unspecified atom stereocenters. The van der Waals surface area contributed by atoms with Gasteiger partial charge in [0.2, 0.25) is 0 Å². The minimum atomic E-state index is -0.490. The van der Waals surface area contributed by atoms with Gasteiger partial charge in [0.1, 0.15) is 12.3 Å². The highest BCUT2D eigenvalue weighted by molar-refractivity contribution is 9.10. The third kappa shape index (κ3) is 4.42. The predicted molar refractivity (Wildman–Crippen MR) is 92.5 cm³/mol. The van der Waals surface area contributed by atoms with E-state index in [4.69, 9.17) is 4.74 Å². The zero-order chi connectivity index (χ0) is 16.8. The lowest BCUT2D eigenvalue weighted by Gasteiger charge is -2.05. The smallest absolute Gasteiger partial charge is 0.407 e. The summed E-state index contributed by atoms with van der Waals surface area (Å²) in [5, 5.41) is 11.2. The van der Waals surface area contributed by atoms with Gasteiger partial charge in [-0.05, 0) is 23.8 Å². The minimum absolute atomic E-state index is 0.234. The van der Waals surface area contributed by atoms with Crippen molar-refractivity contribution in [2.75, 3.05) is 0 Å². The number of alkyl carbamates (subject to hydrolysis) is 1. The van der Waals surface area contributed by atoms with Crippen molar-refractivity contribution in [3.8, 4) is 5.69 Å². The molecule has 6 nitrogen and oxygen atoms in total. The largest absolute Gasteiger partial charge is 0.445 e. The van der Waals surface area contributed by atoms with Crippen molar-refractivity contribution in [1.29, 1.82) is 0 Å². The van der Waals surface area contributed by atoms with Crippen LogP contribution in [-0.4, -0.2) is 21.1 Å². The van der Waals surface area contributed by atoms with E-state index in [0.717, 1.165) is 15.7 Å². The van der Waals surface area contributed by atoms with Gasteiger partial charge in [0, 0.05) is 4.47 Å². The van der Waals surface area contributed by atoms with E-state index in [1.54, 1.807) is 6.20 Å². The van der Waals surface area contributed by atoms with Crippen LogP contribution in [0.25, 0.3) is 5.69 Å². The van der Waals surface area contributed by atoms with Gasteiger partial charge in [0.25, 0.3) is 0 Å². The van der Waals surface area contributed by atoms with Crippen LogP contribution < -0.4 is 5.32 Å². The quantitative estimate of drug-likeness (QED) is 0.728. The van der Waals surface area contributed by atoms with Gasteiger partial charge in [-0.2, -0.15) is 15.0 Å². The maximum Gasteiger partial charge on any atom is 0.407 e. The first-order valence-electron chi connectivity index (χ1n) is 7.32. The summed E-state index contributed by atoms with van der Waals surface area (Å²) in [5.41, 5.74) is 2.42. The maximum absolute atomic E-state index is 11.7. The summed E-state index contributed by atoms with van der Waals surface area (Å²) >= 11 is 3.41. The SMILES string of the molecule is O=C(NCc1cnn(-c2cccc(Br)c2)n1)OCc1ccccc1. The normalized spacial score (nSPS) is 10.4. The molecule has 24 heavy (non-hydrogen) atoms. The summed E-state index contributed by atoms with van der Waals surface area (Å²) in [5.74, 6) is 0. The van der Waals surface area contributed by atoms with E-state index in [9.17, 15) is 4.79 Å². The number of aromatic nitrogens is 3. The van der Waals surface area contributed by atoms with Gasteiger partial charge in [0.15, 0.2) is 0 Å². The summed E-state index contributed by atoms with van der Waals surface area (Å²) < 4.78 is 6.09. The fourth-order valence-corrected chi connectivity index (χ4v) is 2.42. The van der Waals surface area contributed by atoms with Crippen LogP contribution in [-0.2, 0) is 17.9 Å². The van der Waals surface area contributed by atoms with Gasteiger partial charge < -0.3 is 10.1 Å². The second kappa shape index (κ2) is 7.74. The molecule has 0 bridgehead atoms. The van der Waals surface area contributed by atoms with Crippen LogP contribution in [0, 0.1) is 0 Å². The Morgan fingerprint density at radius 2 is 2.00 bits per heavy atom. The second-order valence-electron chi connectivity index (χ2n) is 5.02. The highest BCUT2D eigenvalue weighted by Gasteiger charge is 2.07. The fourth-order valence-electron chi connectivity index (χ4n) is 2.04. The molecule has 0 aliphatic carbocycles. The lowest BCUT2D eigenvalue weighted by Crippen LogP contribution is -2.23. The zero-order valence-corrected chi connectivity index (χ0v) is 14.3. The molecule has 1 aromatic heterocycles. The Morgan fingerprint density at radius 1 is 1.17 bits per heavy atom. The molecule has 1 heterocycles. The van der Waals surface area contributed by atoms with Crippen LogP contribution in [0.3, 0.4) is 0 Å². The lowest BCUT2D eigenvalue weighted by molar-refractivity contribution is 0.139. The van der Waals surface area contributed by atoms with Gasteiger partial charge in [0.05, 0.1) is 18.4 Å². The first-order chi connectivity index (χ1) is 11.7. The van der Waals surface area contributed by atoms with Crippen molar-refractivity contribution in [3.63, 3.8) is 0 Å². The Balaban J connectivity index is 1.51. The monoisotopic (exact) mass is 386 g/mol. The number of hydrogen-bond acceptors (Lipinski definition) is 4. The Labute approximate surface area is 147 Å². The fraction of sp³-hybridized carbons (Fsp3) is 0.118. The topological polar surface area (TPSA) is 69.0 Å².